The molecule has 2 atom stereocenters. The topological polar surface area (TPSA) is 40.5 Å². The molecule has 1 amide bonds. The third-order valence-electron chi connectivity index (χ3n) is 4.35. The van der Waals surface area contributed by atoms with Crippen LogP contribution in [-0.4, -0.2) is 34.1 Å². The monoisotopic (exact) mass is 309 g/mol. The minimum absolute atomic E-state index is 0.104. The van der Waals surface area contributed by atoms with Crippen molar-refractivity contribution in [1.82, 2.24) is 4.90 Å². The highest BCUT2D eigenvalue weighted by molar-refractivity contribution is 6.32. The lowest BCUT2D eigenvalue weighted by Gasteiger charge is -2.36. The molecule has 112 valence electrons. The van der Waals surface area contributed by atoms with Gasteiger partial charge in [0.15, 0.2) is 0 Å². The second kappa shape index (κ2) is 5.78. The van der Waals surface area contributed by atoms with Crippen LogP contribution < -0.4 is 0 Å². The maximum absolute atomic E-state index is 13.7. The van der Waals surface area contributed by atoms with Crippen molar-refractivity contribution < 1.29 is 14.3 Å². The lowest BCUT2D eigenvalue weighted by atomic mass is 10.00. The first-order chi connectivity index (χ1) is 10.1. The van der Waals surface area contributed by atoms with Gasteiger partial charge in [-0.2, -0.15) is 0 Å². The second-order valence-electron chi connectivity index (χ2n) is 5.72. The second-order valence-corrected chi connectivity index (χ2v) is 6.13. The maximum Gasteiger partial charge on any atom is 0.247 e. The zero-order valence-corrected chi connectivity index (χ0v) is 12.3. The summed E-state index contributed by atoms with van der Waals surface area (Å²) in [6, 6.07) is 4.65. The van der Waals surface area contributed by atoms with E-state index in [0.717, 1.165) is 12.8 Å². The van der Waals surface area contributed by atoms with Gasteiger partial charge < -0.3 is 10.0 Å². The molecule has 0 aliphatic carbocycles. The lowest BCUT2D eigenvalue weighted by molar-refractivity contribution is -0.131. The normalized spacial score (nSPS) is 28.3. The van der Waals surface area contributed by atoms with Crippen molar-refractivity contribution in [3.8, 4) is 0 Å². The van der Waals surface area contributed by atoms with E-state index in [0.29, 0.717) is 12.8 Å². The van der Waals surface area contributed by atoms with Crippen molar-refractivity contribution >= 4 is 23.6 Å². The van der Waals surface area contributed by atoms with E-state index in [1.807, 2.05) is 4.90 Å². The first-order valence-electron chi connectivity index (χ1n) is 7.18. The number of benzene rings is 1. The molecule has 3 nitrogen and oxygen atoms in total. The van der Waals surface area contributed by atoms with Crippen LogP contribution in [0, 0.1) is 5.82 Å². The van der Waals surface area contributed by atoms with Gasteiger partial charge in [-0.3, -0.25) is 4.79 Å². The van der Waals surface area contributed by atoms with Gasteiger partial charge in [0.05, 0.1) is 11.1 Å². The number of fused-ring (bicyclic) bond motifs is 2. The lowest BCUT2D eigenvalue weighted by Crippen LogP contribution is -2.47. The van der Waals surface area contributed by atoms with Crippen LogP contribution in [0.5, 0.6) is 0 Å². The molecule has 2 aliphatic heterocycles. The molecule has 0 radical (unpaired) electrons. The largest absolute Gasteiger partial charge is 0.393 e. The molecule has 2 saturated heterocycles. The highest BCUT2D eigenvalue weighted by Gasteiger charge is 2.41. The molecule has 1 N–H and O–H groups in total. The van der Waals surface area contributed by atoms with E-state index in [1.54, 1.807) is 6.07 Å². The number of carbonyl (C=O) groups is 1. The molecule has 5 heteroatoms. The minimum Gasteiger partial charge on any atom is -0.393 e. The number of amides is 1. The molecule has 21 heavy (non-hydrogen) atoms. The first-order valence-corrected chi connectivity index (χ1v) is 7.56. The van der Waals surface area contributed by atoms with Crippen molar-refractivity contribution in [1.29, 1.82) is 0 Å². The number of nitrogens with zero attached hydrogens (tertiary/aromatic N) is 1. The number of hydrogen-bond acceptors (Lipinski definition) is 2. The summed E-state index contributed by atoms with van der Waals surface area (Å²) < 4.78 is 13.7. The van der Waals surface area contributed by atoms with Gasteiger partial charge in [-0.25, -0.2) is 4.39 Å². The van der Waals surface area contributed by atoms with Gasteiger partial charge >= 0.3 is 0 Å². The Hall–Kier alpha value is -1.39. The number of carbonyl (C=O) groups excluding carboxylic acids is 1. The molecule has 2 unspecified atom stereocenters. The van der Waals surface area contributed by atoms with Gasteiger partial charge in [0.1, 0.15) is 5.82 Å². The summed E-state index contributed by atoms with van der Waals surface area (Å²) in [6.07, 6.45) is 5.64. The molecule has 0 aromatic heterocycles. The van der Waals surface area contributed by atoms with Crippen LogP contribution in [0.1, 0.15) is 31.2 Å². The Kier molecular flexibility index (Phi) is 4.00. The number of hydrogen-bond donors (Lipinski definition) is 1. The fraction of sp³-hybridized carbons (Fsp3) is 0.438. The smallest absolute Gasteiger partial charge is 0.247 e. The summed E-state index contributed by atoms with van der Waals surface area (Å²) in [7, 11) is 0. The van der Waals surface area contributed by atoms with Crippen molar-refractivity contribution in [2.75, 3.05) is 0 Å². The van der Waals surface area contributed by atoms with E-state index in [-0.39, 0.29) is 34.7 Å². The SMILES string of the molecule is O=C(C=Cc1c(F)cccc1Cl)N1C2CCC1CC(O)C2. The van der Waals surface area contributed by atoms with Crippen LogP contribution in [-0.2, 0) is 4.79 Å². The Morgan fingerprint density at radius 2 is 2.00 bits per heavy atom. The average molecular weight is 310 g/mol. The van der Waals surface area contributed by atoms with Crippen LogP contribution in [0.2, 0.25) is 5.02 Å². The van der Waals surface area contributed by atoms with E-state index in [1.165, 1.54) is 24.3 Å². The predicted octanol–water partition coefficient (Wildman–Crippen LogP) is 3.01. The average Bonchev–Trinajstić information content (AvgIpc) is 2.70. The molecule has 2 bridgehead atoms. The van der Waals surface area contributed by atoms with Crippen molar-refractivity contribution in [3.63, 3.8) is 0 Å². The van der Waals surface area contributed by atoms with Gasteiger partial charge in [0.25, 0.3) is 0 Å². The number of rotatable bonds is 2. The molecule has 2 heterocycles. The van der Waals surface area contributed by atoms with E-state index in [9.17, 15) is 14.3 Å². The van der Waals surface area contributed by atoms with Crippen molar-refractivity contribution in [3.05, 3.63) is 40.7 Å². The van der Waals surface area contributed by atoms with Crippen LogP contribution in [0.15, 0.2) is 24.3 Å². The van der Waals surface area contributed by atoms with Crippen LogP contribution in [0.25, 0.3) is 6.08 Å². The minimum atomic E-state index is -0.441. The fourth-order valence-corrected chi connectivity index (χ4v) is 3.64. The molecule has 1 aromatic carbocycles. The van der Waals surface area contributed by atoms with Gasteiger partial charge in [-0.05, 0) is 43.9 Å². The molecule has 2 aliphatic rings. The molecular weight excluding hydrogens is 293 g/mol. The Morgan fingerprint density at radius 1 is 1.33 bits per heavy atom. The zero-order valence-electron chi connectivity index (χ0n) is 11.5. The predicted molar refractivity (Wildman–Crippen MR) is 79.3 cm³/mol. The Bertz CT molecular complexity index is 555. The van der Waals surface area contributed by atoms with E-state index < -0.39 is 5.82 Å². The molecule has 3 rings (SSSR count). The molecule has 1 aromatic rings. The van der Waals surface area contributed by atoms with Crippen LogP contribution in [0.3, 0.4) is 0 Å². The van der Waals surface area contributed by atoms with Gasteiger partial charge in [0, 0.05) is 23.7 Å². The van der Waals surface area contributed by atoms with Gasteiger partial charge in [0.2, 0.25) is 5.91 Å². The van der Waals surface area contributed by atoms with Crippen LogP contribution >= 0.6 is 11.6 Å². The first kappa shape index (κ1) is 14.5. The van der Waals surface area contributed by atoms with E-state index in [2.05, 4.69) is 0 Å². The molecule has 2 fully saturated rings. The Balaban J connectivity index is 1.77. The summed E-state index contributed by atoms with van der Waals surface area (Å²) in [5.74, 6) is -0.572. The third-order valence-corrected chi connectivity index (χ3v) is 4.68. The van der Waals surface area contributed by atoms with Crippen molar-refractivity contribution in [2.24, 2.45) is 0 Å². The van der Waals surface area contributed by atoms with E-state index >= 15 is 0 Å². The molecular formula is C16H17ClFNO2. The summed E-state index contributed by atoms with van der Waals surface area (Å²) in [5, 5.41) is 10.0. The number of aliphatic hydroxyl groups excluding tert-OH is 1. The molecule has 0 saturated carbocycles. The number of piperidine rings is 1. The zero-order chi connectivity index (χ0) is 15.0. The highest BCUT2D eigenvalue weighted by Crippen LogP contribution is 2.36. The van der Waals surface area contributed by atoms with E-state index in [4.69, 9.17) is 11.6 Å². The number of halogens is 2. The van der Waals surface area contributed by atoms with Gasteiger partial charge in [-0.15, -0.1) is 0 Å². The summed E-state index contributed by atoms with van der Waals surface area (Å²) in [5.41, 5.74) is 0.233. The summed E-state index contributed by atoms with van der Waals surface area (Å²) >= 11 is 5.94. The van der Waals surface area contributed by atoms with Crippen molar-refractivity contribution in [2.45, 2.75) is 43.9 Å². The molecule has 0 spiro atoms. The maximum atomic E-state index is 13.7. The standard InChI is InChI=1S/C16H17ClFNO2/c17-14-2-1-3-15(18)13(14)6-7-16(21)19-10-4-5-11(19)9-12(20)8-10/h1-3,6-7,10-12,20H,4-5,8-9H2. The van der Waals surface area contributed by atoms with Gasteiger partial charge in [-0.1, -0.05) is 17.7 Å². The number of aliphatic hydroxyl groups is 1. The fourth-order valence-electron chi connectivity index (χ4n) is 3.42. The Labute approximate surface area is 128 Å². The quantitative estimate of drug-likeness (QED) is 0.853. The summed E-state index contributed by atoms with van der Waals surface area (Å²) in [4.78, 5) is 14.2. The highest BCUT2D eigenvalue weighted by atomic mass is 35.5. The summed E-state index contributed by atoms with van der Waals surface area (Å²) in [6.45, 7) is 0. The Morgan fingerprint density at radius 3 is 2.62 bits per heavy atom. The third kappa shape index (κ3) is 2.83. The van der Waals surface area contributed by atoms with Crippen LogP contribution in [0.4, 0.5) is 4.39 Å².